The highest BCUT2D eigenvalue weighted by molar-refractivity contribution is 7.80. The fourth-order valence-corrected chi connectivity index (χ4v) is 1.35. The van der Waals surface area contributed by atoms with Gasteiger partial charge in [-0.15, -0.1) is 12.6 Å². The normalized spacial score (nSPS) is 12.9. The molecule has 0 amide bonds. The summed E-state index contributed by atoms with van der Waals surface area (Å²) < 4.78 is 0. The Balaban J connectivity index is 2.68. The Bertz CT molecular complexity index is 230. The second-order valence-electron chi connectivity index (χ2n) is 2.99. The quantitative estimate of drug-likeness (QED) is 0.689. The highest BCUT2D eigenvalue weighted by atomic mass is 32.1. The Morgan fingerprint density at radius 1 is 1.33 bits per heavy atom. The first-order valence-corrected chi connectivity index (χ1v) is 4.73. The van der Waals surface area contributed by atoms with E-state index in [-0.39, 0.29) is 6.04 Å². The maximum atomic E-state index is 5.93. The molecular formula is C10H15NS. The molecule has 1 aromatic rings. The summed E-state index contributed by atoms with van der Waals surface area (Å²) in [6.45, 7) is 2.15. The third kappa shape index (κ3) is 2.54. The van der Waals surface area contributed by atoms with Crippen LogP contribution in [0.4, 0.5) is 0 Å². The summed E-state index contributed by atoms with van der Waals surface area (Å²) in [5.74, 6) is 0. The van der Waals surface area contributed by atoms with Crippen LogP contribution in [0.1, 0.15) is 31.4 Å². The van der Waals surface area contributed by atoms with Crippen molar-refractivity contribution < 1.29 is 0 Å². The van der Waals surface area contributed by atoms with Crippen molar-refractivity contribution in [3.63, 3.8) is 0 Å². The van der Waals surface area contributed by atoms with Crippen molar-refractivity contribution in [2.24, 2.45) is 5.73 Å². The minimum Gasteiger partial charge on any atom is -0.324 e. The predicted molar refractivity (Wildman–Crippen MR) is 55.5 cm³/mol. The standard InChI is InChI=1S/C10H15NS/c1-2-3-10(11)8-4-6-9(12)7-5-8/h4-7,10,12H,2-3,11H2,1H3/t10-/m0/s1. The Morgan fingerprint density at radius 3 is 2.42 bits per heavy atom. The van der Waals surface area contributed by atoms with E-state index in [4.69, 9.17) is 5.73 Å². The van der Waals surface area contributed by atoms with E-state index in [2.05, 4.69) is 19.6 Å². The van der Waals surface area contributed by atoms with Gasteiger partial charge in [-0.05, 0) is 24.1 Å². The summed E-state index contributed by atoms with van der Waals surface area (Å²) in [7, 11) is 0. The molecular weight excluding hydrogens is 166 g/mol. The van der Waals surface area contributed by atoms with Crippen molar-refractivity contribution in [3.05, 3.63) is 29.8 Å². The van der Waals surface area contributed by atoms with Crippen molar-refractivity contribution in [1.29, 1.82) is 0 Å². The summed E-state index contributed by atoms with van der Waals surface area (Å²) in [6.07, 6.45) is 2.18. The van der Waals surface area contributed by atoms with Crippen LogP contribution >= 0.6 is 12.6 Å². The molecule has 0 bridgehead atoms. The number of rotatable bonds is 3. The van der Waals surface area contributed by atoms with Gasteiger partial charge in [0.15, 0.2) is 0 Å². The zero-order chi connectivity index (χ0) is 8.97. The molecule has 66 valence electrons. The third-order valence-electron chi connectivity index (χ3n) is 1.92. The highest BCUT2D eigenvalue weighted by Gasteiger charge is 2.02. The van der Waals surface area contributed by atoms with Crippen LogP contribution in [0.15, 0.2) is 29.2 Å². The summed E-state index contributed by atoms with van der Waals surface area (Å²) in [6, 6.07) is 8.23. The molecule has 12 heavy (non-hydrogen) atoms. The summed E-state index contributed by atoms with van der Waals surface area (Å²) in [4.78, 5) is 0.988. The molecule has 0 fully saturated rings. The van der Waals surface area contributed by atoms with E-state index in [0.717, 1.165) is 17.7 Å². The minimum absolute atomic E-state index is 0.184. The van der Waals surface area contributed by atoms with Gasteiger partial charge in [-0.1, -0.05) is 25.5 Å². The molecule has 0 saturated carbocycles. The molecule has 0 radical (unpaired) electrons. The second kappa shape index (κ2) is 4.53. The molecule has 0 aliphatic carbocycles. The fraction of sp³-hybridized carbons (Fsp3) is 0.400. The summed E-state index contributed by atoms with van der Waals surface area (Å²) in [5, 5.41) is 0. The van der Waals surface area contributed by atoms with Crippen LogP contribution < -0.4 is 5.73 Å². The maximum absolute atomic E-state index is 5.93. The van der Waals surface area contributed by atoms with Crippen molar-refractivity contribution in [1.82, 2.24) is 0 Å². The summed E-state index contributed by atoms with van der Waals surface area (Å²) >= 11 is 4.21. The van der Waals surface area contributed by atoms with Gasteiger partial charge in [0.1, 0.15) is 0 Å². The number of nitrogens with two attached hydrogens (primary N) is 1. The number of hydrogen-bond acceptors (Lipinski definition) is 2. The Kier molecular flexibility index (Phi) is 3.63. The van der Waals surface area contributed by atoms with Crippen molar-refractivity contribution in [3.8, 4) is 0 Å². The Morgan fingerprint density at radius 2 is 1.92 bits per heavy atom. The summed E-state index contributed by atoms with van der Waals surface area (Å²) in [5.41, 5.74) is 7.13. The van der Waals surface area contributed by atoms with E-state index in [1.807, 2.05) is 24.3 Å². The first-order valence-electron chi connectivity index (χ1n) is 4.28. The van der Waals surface area contributed by atoms with E-state index in [1.165, 1.54) is 5.56 Å². The predicted octanol–water partition coefficient (Wildman–Crippen LogP) is 2.78. The molecule has 0 aliphatic rings. The van der Waals surface area contributed by atoms with Crippen LogP contribution in [0.3, 0.4) is 0 Å². The van der Waals surface area contributed by atoms with Crippen molar-refractivity contribution in [2.75, 3.05) is 0 Å². The van der Waals surface area contributed by atoms with Crippen LogP contribution in [-0.2, 0) is 0 Å². The SMILES string of the molecule is CCC[C@H](N)c1ccc(S)cc1. The molecule has 1 rings (SSSR count). The van der Waals surface area contributed by atoms with E-state index in [9.17, 15) is 0 Å². The smallest absolute Gasteiger partial charge is 0.0294 e. The number of hydrogen-bond donors (Lipinski definition) is 2. The monoisotopic (exact) mass is 181 g/mol. The molecule has 0 aliphatic heterocycles. The minimum atomic E-state index is 0.184. The van der Waals surface area contributed by atoms with Crippen molar-refractivity contribution in [2.45, 2.75) is 30.7 Å². The lowest BCUT2D eigenvalue weighted by Gasteiger charge is -2.09. The molecule has 1 aromatic carbocycles. The third-order valence-corrected chi connectivity index (χ3v) is 2.22. The second-order valence-corrected chi connectivity index (χ2v) is 3.50. The molecule has 1 nitrogen and oxygen atoms in total. The van der Waals surface area contributed by atoms with E-state index < -0.39 is 0 Å². The van der Waals surface area contributed by atoms with Gasteiger partial charge in [0, 0.05) is 10.9 Å². The zero-order valence-corrected chi connectivity index (χ0v) is 8.22. The highest BCUT2D eigenvalue weighted by Crippen LogP contribution is 2.17. The largest absolute Gasteiger partial charge is 0.324 e. The van der Waals surface area contributed by atoms with Crippen LogP contribution in [0.2, 0.25) is 0 Å². The molecule has 2 heteroatoms. The van der Waals surface area contributed by atoms with Crippen LogP contribution in [0, 0.1) is 0 Å². The molecule has 0 unspecified atom stereocenters. The lowest BCUT2D eigenvalue weighted by molar-refractivity contribution is 0.638. The topological polar surface area (TPSA) is 26.0 Å². The maximum Gasteiger partial charge on any atom is 0.0294 e. The van der Waals surface area contributed by atoms with Gasteiger partial charge >= 0.3 is 0 Å². The molecule has 0 spiro atoms. The van der Waals surface area contributed by atoms with Crippen LogP contribution in [0.25, 0.3) is 0 Å². The van der Waals surface area contributed by atoms with Gasteiger partial charge in [0.25, 0.3) is 0 Å². The van der Waals surface area contributed by atoms with Gasteiger partial charge in [-0.2, -0.15) is 0 Å². The first-order chi connectivity index (χ1) is 5.74. The lowest BCUT2D eigenvalue weighted by atomic mass is 10.0. The van der Waals surface area contributed by atoms with E-state index in [1.54, 1.807) is 0 Å². The molecule has 0 saturated heterocycles. The van der Waals surface area contributed by atoms with Gasteiger partial charge in [0.05, 0.1) is 0 Å². The van der Waals surface area contributed by atoms with Crippen molar-refractivity contribution >= 4 is 12.6 Å². The zero-order valence-electron chi connectivity index (χ0n) is 7.33. The van der Waals surface area contributed by atoms with Crippen LogP contribution in [-0.4, -0.2) is 0 Å². The molecule has 2 N–H and O–H groups in total. The number of thiol groups is 1. The van der Waals surface area contributed by atoms with Gasteiger partial charge in [0.2, 0.25) is 0 Å². The molecule has 0 aromatic heterocycles. The molecule has 1 atom stereocenters. The molecule has 0 heterocycles. The van der Waals surface area contributed by atoms with Crippen LogP contribution in [0.5, 0.6) is 0 Å². The van der Waals surface area contributed by atoms with Gasteiger partial charge in [-0.3, -0.25) is 0 Å². The Hall–Kier alpha value is -0.470. The average Bonchev–Trinajstić information content (AvgIpc) is 2.06. The van der Waals surface area contributed by atoms with E-state index in [0.29, 0.717) is 0 Å². The van der Waals surface area contributed by atoms with Gasteiger partial charge < -0.3 is 5.73 Å². The Labute approximate surface area is 79.4 Å². The number of benzene rings is 1. The average molecular weight is 181 g/mol. The lowest BCUT2D eigenvalue weighted by Crippen LogP contribution is -2.09. The first kappa shape index (κ1) is 9.62. The fourth-order valence-electron chi connectivity index (χ4n) is 1.20. The van der Waals surface area contributed by atoms with E-state index >= 15 is 0 Å². The van der Waals surface area contributed by atoms with Gasteiger partial charge in [-0.25, -0.2) is 0 Å².